The first-order valence-corrected chi connectivity index (χ1v) is 4.55. The van der Waals surface area contributed by atoms with Crippen molar-refractivity contribution in [2.24, 2.45) is 5.90 Å². The summed E-state index contributed by atoms with van der Waals surface area (Å²) in [6, 6.07) is 5.95. The summed E-state index contributed by atoms with van der Waals surface area (Å²) in [5.41, 5.74) is 2.28. The molecule has 0 aromatic heterocycles. The van der Waals surface area contributed by atoms with Gasteiger partial charge in [-0.2, -0.15) is 0 Å². The molecule has 0 saturated heterocycles. The Kier molecular flexibility index (Phi) is 2.98. The lowest BCUT2D eigenvalue weighted by atomic mass is 10.0. The number of rotatable bonds is 3. The summed E-state index contributed by atoms with van der Waals surface area (Å²) in [5, 5.41) is 0. The molecule has 0 saturated carbocycles. The fourth-order valence-corrected chi connectivity index (χ4v) is 1.56. The Morgan fingerprint density at radius 3 is 3.21 bits per heavy atom. The summed E-state index contributed by atoms with van der Waals surface area (Å²) in [6.45, 7) is 1.45. The average molecular weight is 195 g/mol. The normalized spacial score (nSPS) is 14.6. The molecule has 1 aliphatic rings. The van der Waals surface area contributed by atoms with E-state index < -0.39 is 0 Å². The van der Waals surface area contributed by atoms with Crippen LogP contribution >= 0.6 is 0 Å². The van der Waals surface area contributed by atoms with Gasteiger partial charge in [-0.3, -0.25) is 0 Å². The van der Waals surface area contributed by atoms with Crippen LogP contribution in [0.3, 0.4) is 0 Å². The predicted molar refractivity (Wildman–Crippen MR) is 50.6 cm³/mol. The maximum atomic E-state index is 5.35. The standard InChI is InChI=1S/C10H13NO3/c11-14-5-4-8-2-1-3-10-9(8)6-12-7-13-10/h1-3H,4-7,11H2. The van der Waals surface area contributed by atoms with E-state index in [4.69, 9.17) is 15.4 Å². The Labute approximate surface area is 82.5 Å². The van der Waals surface area contributed by atoms with Crippen molar-refractivity contribution in [3.05, 3.63) is 29.3 Å². The first-order valence-electron chi connectivity index (χ1n) is 4.55. The minimum absolute atomic E-state index is 0.337. The van der Waals surface area contributed by atoms with E-state index in [1.54, 1.807) is 0 Å². The van der Waals surface area contributed by atoms with Crippen LogP contribution in [-0.4, -0.2) is 13.4 Å². The van der Waals surface area contributed by atoms with Gasteiger partial charge in [0.1, 0.15) is 5.75 Å². The van der Waals surface area contributed by atoms with Crippen molar-refractivity contribution < 1.29 is 14.3 Å². The third kappa shape index (κ3) is 1.87. The molecule has 1 heterocycles. The van der Waals surface area contributed by atoms with Crippen molar-refractivity contribution in [3.8, 4) is 5.75 Å². The molecule has 0 fully saturated rings. The Hall–Kier alpha value is -1.10. The maximum Gasteiger partial charge on any atom is 0.189 e. The molecule has 2 rings (SSSR count). The lowest BCUT2D eigenvalue weighted by Gasteiger charge is -2.20. The predicted octanol–water partition coefficient (Wildman–Crippen LogP) is 0.986. The zero-order chi connectivity index (χ0) is 9.80. The van der Waals surface area contributed by atoms with Gasteiger partial charge in [-0.05, 0) is 18.1 Å². The van der Waals surface area contributed by atoms with Gasteiger partial charge in [-0.15, -0.1) is 0 Å². The molecular formula is C10H13NO3. The molecule has 4 heteroatoms. The van der Waals surface area contributed by atoms with Gasteiger partial charge < -0.3 is 14.3 Å². The number of nitrogens with two attached hydrogens (primary N) is 1. The molecular weight excluding hydrogens is 182 g/mol. The van der Waals surface area contributed by atoms with Crippen LogP contribution in [0.4, 0.5) is 0 Å². The van der Waals surface area contributed by atoms with Gasteiger partial charge >= 0.3 is 0 Å². The van der Waals surface area contributed by atoms with Gasteiger partial charge in [0.2, 0.25) is 0 Å². The van der Waals surface area contributed by atoms with Crippen LogP contribution in [0.15, 0.2) is 18.2 Å². The molecule has 76 valence electrons. The molecule has 0 aliphatic carbocycles. The molecule has 4 nitrogen and oxygen atoms in total. The fraction of sp³-hybridized carbons (Fsp3) is 0.400. The number of ether oxygens (including phenoxy) is 2. The van der Waals surface area contributed by atoms with Crippen molar-refractivity contribution in [2.45, 2.75) is 13.0 Å². The maximum absolute atomic E-state index is 5.35. The van der Waals surface area contributed by atoms with Gasteiger partial charge in [-0.25, -0.2) is 5.90 Å². The van der Waals surface area contributed by atoms with Crippen LogP contribution in [-0.2, 0) is 22.6 Å². The van der Waals surface area contributed by atoms with Crippen LogP contribution in [0, 0.1) is 0 Å². The first-order chi connectivity index (χ1) is 6.92. The third-order valence-corrected chi connectivity index (χ3v) is 2.26. The highest BCUT2D eigenvalue weighted by molar-refractivity contribution is 5.40. The zero-order valence-corrected chi connectivity index (χ0v) is 7.86. The summed E-state index contributed by atoms with van der Waals surface area (Å²) >= 11 is 0. The fourth-order valence-electron chi connectivity index (χ4n) is 1.56. The smallest absolute Gasteiger partial charge is 0.189 e. The van der Waals surface area contributed by atoms with E-state index >= 15 is 0 Å². The number of fused-ring (bicyclic) bond motifs is 1. The molecule has 0 unspecified atom stereocenters. The molecule has 0 radical (unpaired) electrons. The summed E-state index contributed by atoms with van der Waals surface area (Å²) in [4.78, 5) is 4.56. The lowest BCUT2D eigenvalue weighted by Crippen LogP contribution is -2.14. The van der Waals surface area contributed by atoms with Gasteiger partial charge in [0.05, 0.1) is 13.2 Å². The molecule has 0 amide bonds. The van der Waals surface area contributed by atoms with Gasteiger partial charge in [0.25, 0.3) is 0 Å². The topological polar surface area (TPSA) is 53.7 Å². The van der Waals surface area contributed by atoms with E-state index in [2.05, 4.69) is 4.84 Å². The molecule has 2 N–H and O–H groups in total. The Morgan fingerprint density at radius 2 is 2.36 bits per heavy atom. The Bertz CT molecular complexity index is 314. The van der Waals surface area contributed by atoms with Crippen molar-refractivity contribution in [1.29, 1.82) is 0 Å². The molecule has 0 bridgehead atoms. The second-order valence-corrected chi connectivity index (χ2v) is 3.13. The summed E-state index contributed by atoms with van der Waals surface area (Å²) < 4.78 is 10.6. The second-order valence-electron chi connectivity index (χ2n) is 3.13. The third-order valence-electron chi connectivity index (χ3n) is 2.26. The summed E-state index contributed by atoms with van der Waals surface area (Å²) in [5.74, 6) is 5.90. The number of benzene rings is 1. The minimum atomic E-state index is 0.337. The lowest BCUT2D eigenvalue weighted by molar-refractivity contribution is -0.0169. The van der Waals surface area contributed by atoms with E-state index in [0.717, 1.165) is 17.7 Å². The van der Waals surface area contributed by atoms with Crippen molar-refractivity contribution in [2.75, 3.05) is 13.4 Å². The van der Waals surface area contributed by atoms with E-state index in [9.17, 15) is 0 Å². The highest BCUT2D eigenvalue weighted by atomic mass is 16.7. The number of hydrogen-bond acceptors (Lipinski definition) is 4. The van der Waals surface area contributed by atoms with E-state index in [1.165, 1.54) is 5.56 Å². The van der Waals surface area contributed by atoms with Crippen molar-refractivity contribution >= 4 is 0 Å². The quantitative estimate of drug-likeness (QED) is 0.730. The highest BCUT2D eigenvalue weighted by Gasteiger charge is 2.13. The Balaban J connectivity index is 2.21. The van der Waals surface area contributed by atoms with E-state index in [-0.39, 0.29) is 0 Å². The molecule has 1 aromatic rings. The summed E-state index contributed by atoms with van der Waals surface area (Å²) in [7, 11) is 0. The van der Waals surface area contributed by atoms with Crippen LogP contribution in [0.1, 0.15) is 11.1 Å². The largest absolute Gasteiger partial charge is 0.467 e. The van der Waals surface area contributed by atoms with Gasteiger partial charge in [-0.1, -0.05) is 12.1 Å². The van der Waals surface area contributed by atoms with Gasteiger partial charge in [0.15, 0.2) is 6.79 Å². The van der Waals surface area contributed by atoms with Gasteiger partial charge in [0, 0.05) is 5.56 Å². The number of hydrogen-bond donors (Lipinski definition) is 1. The molecule has 0 atom stereocenters. The molecule has 0 spiro atoms. The SMILES string of the molecule is NOCCc1cccc2c1COCO2. The van der Waals surface area contributed by atoms with Crippen molar-refractivity contribution in [3.63, 3.8) is 0 Å². The first kappa shape index (κ1) is 9.45. The van der Waals surface area contributed by atoms with Crippen LogP contribution < -0.4 is 10.6 Å². The van der Waals surface area contributed by atoms with Crippen LogP contribution in [0.25, 0.3) is 0 Å². The van der Waals surface area contributed by atoms with Crippen LogP contribution in [0.5, 0.6) is 5.75 Å². The van der Waals surface area contributed by atoms with Crippen LogP contribution in [0.2, 0.25) is 0 Å². The second kappa shape index (κ2) is 4.41. The van der Waals surface area contributed by atoms with Crippen molar-refractivity contribution in [1.82, 2.24) is 0 Å². The Morgan fingerprint density at radius 1 is 1.43 bits per heavy atom. The highest BCUT2D eigenvalue weighted by Crippen LogP contribution is 2.26. The minimum Gasteiger partial charge on any atom is -0.467 e. The zero-order valence-electron chi connectivity index (χ0n) is 7.86. The van der Waals surface area contributed by atoms with E-state index in [0.29, 0.717) is 20.0 Å². The monoisotopic (exact) mass is 195 g/mol. The molecule has 1 aliphatic heterocycles. The molecule has 1 aromatic carbocycles. The van der Waals surface area contributed by atoms with E-state index in [1.807, 2.05) is 18.2 Å². The molecule has 14 heavy (non-hydrogen) atoms. The summed E-state index contributed by atoms with van der Waals surface area (Å²) in [6.07, 6.45) is 0.784. The average Bonchev–Trinajstić information content (AvgIpc) is 2.26.